The Morgan fingerprint density at radius 3 is 2.89 bits per heavy atom. The molecule has 0 radical (unpaired) electrons. The van der Waals surface area contributed by atoms with Crippen LogP contribution in [-0.2, 0) is 4.79 Å². The quantitative estimate of drug-likeness (QED) is 0.616. The summed E-state index contributed by atoms with van der Waals surface area (Å²) in [6.45, 7) is 2.43. The van der Waals surface area contributed by atoms with Gasteiger partial charge in [0.1, 0.15) is 0 Å². The molecule has 0 atom stereocenters. The van der Waals surface area contributed by atoms with Gasteiger partial charge in [-0.2, -0.15) is 5.10 Å². The summed E-state index contributed by atoms with van der Waals surface area (Å²) in [6, 6.07) is 6.48. The van der Waals surface area contributed by atoms with Gasteiger partial charge in [-0.25, -0.2) is 5.01 Å². The fourth-order valence-corrected chi connectivity index (χ4v) is 2.05. The lowest BCUT2D eigenvalue weighted by atomic mass is 10.1. The molecule has 1 aliphatic rings. The van der Waals surface area contributed by atoms with Crippen molar-refractivity contribution in [1.29, 1.82) is 0 Å². The van der Waals surface area contributed by atoms with Crippen molar-refractivity contribution in [2.75, 3.05) is 6.54 Å². The Hall–Kier alpha value is -2.24. The van der Waals surface area contributed by atoms with E-state index in [1.807, 2.05) is 6.92 Å². The van der Waals surface area contributed by atoms with Gasteiger partial charge in [-0.1, -0.05) is 19.1 Å². The van der Waals surface area contributed by atoms with E-state index in [1.54, 1.807) is 18.2 Å². The van der Waals surface area contributed by atoms with Crippen LogP contribution < -0.4 is 0 Å². The molecule has 1 heterocycles. The van der Waals surface area contributed by atoms with Gasteiger partial charge in [0.05, 0.1) is 22.7 Å². The second-order valence-corrected chi connectivity index (χ2v) is 4.34. The first-order chi connectivity index (χ1) is 9.13. The molecule has 0 bridgehead atoms. The zero-order chi connectivity index (χ0) is 13.8. The number of carbonyl (C=O) groups excluding carboxylic acids is 1. The Bertz CT molecular complexity index is 540. The van der Waals surface area contributed by atoms with Crippen LogP contribution in [0.4, 0.5) is 5.69 Å². The molecule has 0 aliphatic carbocycles. The lowest BCUT2D eigenvalue weighted by Crippen LogP contribution is -2.22. The number of hydrogen-bond donors (Lipinski definition) is 0. The molecule has 0 N–H and O–H groups in total. The molecule has 1 amide bonds. The molecule has 0 spiro atoms. The zero-order valence-electron chi connectivity index (χ0n) is 10.7. The van der Waals surface area contributed by atoms with Gasteiger partial charge in [0.15, 0.2) is 0 Å². The molecule has 1 aromatic carbocycles. The SMILES string of the molecule is CCCC(=O)N1CCC(c2ccccc2[N+](=O)[O-])=N1. The maximum atomic E-state index is 11.7. The molecule has 100 valence electrons. The molecule has 2 rings (SSSR count). The van der Waals surface area contributed by atoms with Gasteiger partial charge in [0, 0.05) is 18.9 Å². The van der Waals surface area contributed by atoms with Crippen LogP contribution in [0.1, 0.15) is 31.7 Å². The summed E-state index contributed by atoms with van der Waals surface area (Å²) in [5.41, 5.74) is 1.14. The first-order valence-corrected chi connectivity index (χ1v) is 6.25. The number of nitro benzene ring substituents is 1. The molecule has 0 aromatic heterocycles. The van der Waals surface area contributed by atoms with Gasteiger partial charge in [0.25, 0.3) is 5.69 Å². The minimum atomic E-state index is -0.422. The first kappa shape index (κ1) is 13.2. The molecule has 19 heavy (non-hydrogen) atoms. The van der Waals surface area contributed by atoms with Crippen LogP contribution >= 0.6 is 0 Å². The third kappa shape index (κ3) is 2.78. The number of hydrogen-bond acceptors (Lipinski definition) is 4. The molecule has 1 aliphatic heterocycles. The minimum Gasteiger partial charge on any atom is -0.273 e. The van der Waals surface area contributed by atoms with Crippen molar-refractivity contribution in [3.05, 3.63) is 39.9 Å². The standard InChI is InChI=1S/C13H15N3O3/c1-2-5-13(17)15-9-8-11(14-15)10-6-3-4-7-12(10)16(18)19/h3-4,6-7H,2,5,8-9H2,1H3. The van der Waals surface area contributed by atoms with Crippen molar-refractivity contribution < 1.29 is 9.72 Å². The van der Waals surface area contributed by atoms with Crippen LogP contribution in [0, 0.1) is 10.1 Å². The minimum absolute atomic E-state index is 0.0314. The van der Waals surface area contributed by atoms with Crippen LogP contribution in [-0.4, -0.2) is 28.1 Å². The van der Waals surface area contributed by atoms with E-state index >= 15 is 0 Å². The summed E-state index contributed by atoms with van der Waals surface area (Å²) < 4.78 is 0. The fraction of sp³-hybridized carbons (Fsp3) is 0.385. The first-order valence-electron chi connectivity index (χ1n) is 6.25. The Morgan fingerprint density at radius 2 is 2.21 bits per heavy atom. The molecule has 1 aromatic rings. The van der Waals surface area contributed by atoms with Crippen LogP contribution in [0.3, 0.4) is 0 Å². The fourth-order valence-electron chi connectivity index (χ4n) is 2.05. The third-order valence-corrected chi connectivity index (χ3v) is 2.97. The second kappa shape index (κ2) is 5.60. The van der Waals surface area contributed by atoms with Gasteiger partial charge in [0.2, 0.25) is 5.91 Å². The number of nitro groups is 1. The van der Waals surface area contributed by atoms with Gasteiger partial charge >= 0.3 is 0 Å². The monoisotopic (exact) mass is 261 g/mol. The smallest absolute Gasteiger partial charge is 0.273 e. The molecular weight excluding hydrogens is 246 g/mol. The molecule has 0 saturated heterocycles. The predicted octanol–water partition coefficient (Wildman–Crippen LogP) is 2.33. The summed E-state index contributed by atoms with van der Waals surface area (Å²) in [4.78, 5) is 22.3. The van der Waals surface area contributed by atoms with Crippen LogP contribution in [0.15, 0.2) is 29.4 Å². The van der Waals surface area contributed by atoms with E-state index in [1.165, 1.54) is 11.1 Å². The Kier molecular flexibility index (Phi) is 3.89. The maximum Gasteiger partial charge on any atom is 0.278 e. The average molecular weight is 261 g/mol. The van der Waals surface area contributed by atoms with E-state index in [-0.39, 0.29) is 11.6 Å². The van der Waals surface area contributed by atoms with E-state index in [0.29, 0.717) is 30.7 Å². The summed E-state index contributed by atoms with van der Waals surface area (Å²) in [5.74, 6) is -0.0314. The van der Waals surface area contributed by atoms with E-state index in [0.717, 1.165) is 6.42 Å². The lowest BCUT2D eigenvalue weighted by Gasteiger charge is -2.09. The van der Waals surface area contributed by atoms with Gasteiger partial charge in [-0.3, -0.25) is 14.9 Å². The van der Waals surface area contributed by atoms with Crippen molar-refractivity contribution in [2.45, 2.75) is 26.2 Å². The maximum absolute atomic E-state index is 11.7. The third-order valence-electron chi connectivity index (χ3n) is 2.97. The van der Waals surface area contributed by atoms with E-state index in [2.05, 4.69) is 5.10 Å². The topological polar surface area (TPSA) is 75.8 Å². The highest BCUT2D eigenvalue weighted by atomic mass is 16.6. The summed E-state index contributed by atoms with van der Waals surface area (Å²) in [7, 11) is 0. The molecule has 0 fully saturated rings. The van der Waals surface area contributed by atoms with E-state index in [9.17, 15) is 14.9 Å². The number of nitrogens with zero attached hydrogens (tertiary/aromatic N) is 3. The van der Waals surface area contributed by atoms with E-state index < -0.39 is 4.92 Å². The lowest BCUT2D eigenvalue weighted by molar-refractivity contribution is -0.385. The second-order valence-electron chi connectivity index (χ2n) is 4.34. The highest BCUT2D eigenvalue weighted by Crippen LogP contribution is 2.23. The summed E-state index contributed by atoms with van der Waals surface area (Å²) >= 11 is 0. The van der Waals surface area contributed by atoms with Crippen molar-refractivity contribution >= 4 is 17.3 Å². The molecule has 0 unspecified atom stereocenters. The van der Waals surface area contributed by atoms with Crippen molar-refractivity contribution in [3.8, 4) is 0 Å². The van der Waals surface area contributed by atoms with Crippen molar-refractivity contribution in [3.63, 3.8) is 0 Å². The van der Waals surface area contributed by atoms with Crippen molar-refractivity contribution in [1.82, 2.24) is 5.01 Å². The molecule has 6 heteroatoms. The molecule has 6 nitrogen and oxygen atoms in total. The van der Waals surface area contributed by atoms with Crippen LogP contribution in [0.2, 0.25) is 0 Å². The normalized spacial score (nSPS) is 14.4. The highest BCUT2D eigenvalue weighted by Gasteiger charge is 2.25. The number of para-hydroxylation sites is 1. The average Bonchev–Trinajstić information content (AvgIpc) is 2.88. The van der Waals surface area contributed by atoms with Crippen LogP contribution in [0.25, 0.3) is 0 Å². The molecular formula is C13H15N3O3. The number of amides is 1. The zero-order valence-corrected chi connectivity index (χ0v) is 10.7. The Balaban J connectivity index is 2.27. The number of carbonyl (C=O) groups is 1. The number of hydrazone groups is 1. The van der Waals surface area contributed by atoms with Crippen LogP contribution in [0.5, 0.6) is 0 Å². The van der Waals surface area contributed by atoms with E-state index in [4.69, 9.17) is 0 Å². The summed E-state index contributed by atoms with van der Waals surface area (Å²) in [5, 5.41) is 16.6. The Morgan fingerprint density at radius 1 is 1.47 bits per heavy atom. The summed E-state index contributed by atoms with van der Waals surface area (Å²) in [6.07, 6.45) is 1.78. The number of rotatable bonds is 4. The highest BCUT2D eigenvalue weighted by molar-refractivity contribution is 6.05. The predicted molar refractivity (Wildman–Crippen MR) is 70.9 cm³/mol. The van der Waals surface area contributed by atoms with Gasteiger partial charge < -0.3 is 0 Å². The van der Waals surface area contributed by atoms with Gasteiger partial charge in [-0.05, 0) is 12.5 Å². The van der Waals surface area contributed by atoms with Gasteiger partial charge in [-0.15, -0.1) is 0 Å². The van der Waals surface area contributed by atoms with Crippen molar-refractivity contribution in [2.24, 2.45) is 5.10 Å². The number of benzene rings is 1. The largest absolute Gasteiger partial charge is 0.278 e. The Labute approximate surface area is 110 Å². The molecule has 0 saturated carbocycles.